The Hall–Kier alpha value is -2.34. The predicted molar refractivity (Wildman–Crippen MR) is 101 cm³/mol. The topological polar surface area (TPSA) is 59.4 Å². The van der Waals surface area contributed by atoms with Crippen LogP contribution in [0.4, 0.5) is 0 Å². The molecule has 1 radical (unpaired) electrons. The van der Waals surface area contributed by atoms with E-state index in [0.717, 1.165) is 42.8 Å². The van der Waals surface area contributed by atoms with E-state index in [9.17, 15) is 4.79 Å². The normalized spacial score (nSPS) is 15.8. The van der Waals surface area contributed by atoms with Gasteiger partial charge in [-0.2, -0.15) is 5.10 Å². The first-order valence-corrected chi connectivity index (χ1v) is 9.18. The zero-order chi connectivity index (χ0) is 18.4. The molecule has 0 atom stereocenters. The van der Waals surface area contributed by atoms with Crippen molar-refractivity contribution in [3.05, 3.63) is 36.7 Å². The molecule has 1 amide bonds. The molecule has 0 saturated carbocycles. The molecule has 6 nitrogen and oxygen atoms in total. The third-order valence-corrected chi connectivity index (χ3v) is 4.81. The molecule has 0 unspecified atom stereocenters. The number of carbonyl (C=O) groups excluding carboxylic acids is 1. The molecule has 3 rings (SSSR count). The zero-order valence-corrected chi connectivity index (χ0v) is 15.6. The summed E-state index contributed by atoms with van der Waals surface area (Å²) in [6.45, 7) is 3.14. The maximum absolute atomic E-state index is 12.0. The summed E-state index contributed by atoms with van der Waals surface area (Å²) in [5, 5.41) is 7.14. The lowest BCUT2D eigenvalue weighted by Crippen LogP contribution is -2.34. The van der Waals surface area contributed by atoms with E-state index in [1.165, 1.54) is 0 Å². The largest absolute Gasteiger partial charge is 0.492 e. The number of piperidine rings is 1. The van der Waals surface area contributed by atoms with Crippen molar-refractivity contribution in [2.45, 2.75) is 19.3 Å². The van der Waals surface area contributed by atoms with Gasteiger partial charge in [0.1, 0.15) is 12.4 Å². The SMILES string of the molecule is CN1CCC(CC(=O)NCCOc2c[c]cc(-c3cnn(C)c3)c2)CC1. The van der Waals surface area contributed by atoms with Gasteiger partial charge in [-0.1, -0.05) is 0 Å². The summed E-state index contributed by atoms with van der Waals surface area (Å²) in [4.78, 5) is 14.4. The van der Waals surface area contributed by atoms with Crippen molar-refractivity contribution in [1.82, 2.24) is 20.0 Å². The van der Waals surface area contributed by atoms with Crippen molar-refractivity contribution < 1.29 is 9.53 Å². The predicted octanol–water partition coefficient (Wildman–Crippen LogP) is 2.11. The van der Waals surface area contributed by atoms with Crippen molar-refractivity contribution in [2.75, 3.05) is 33.3 Å². The van der Waals surface area contributed by atoms with Gasteiger partial charge < -0.3 is 15.0 Å². The number of likely N-dealkylation sites (tertiary alicyclic amines) is 1. The summed E-state index contributed by atoms with van der Waals surface area (Å²) in [6.07, 6.45) is 6.61. The molecular weight excluding hydrogens is 328 g/mol. The summed E-state index contributed by atoms with van der Waals surface area (Å²) < 4.78 is 7.52. The molecule has 1 N–H and O–H groups in total. The van der Waals surface area contributed by atoms with Gasteiger partial charge >= 0.3 is 0 Å². The molecule has 1 saturated heterocycles. The second-order valence-corrected chi connectivity index (χ2v) is 7.01. The number of nitrogens with one attached hydrogen (secondary N) is 1. The van der Waals surface area contributed by atoms with Crippen LogP contribution in [-0.2, 0) is 11.8 Å². The van der Waals surface area contributed by atoms with Gasteiger partial charge in [-0.05, 0) is 68.7 Å². The Morgan fingerprint density at radius 1 is 1.31 bits per heavy atom. The number of hydrogen-bond donors (Lipinski definition) is 1. The number of carbonyl (C=O) groups is 1. The third kappa shape index (κ3) is 5.33. The zero-order valence-electron chi connectivity index (χ0n) is 15.6. The second kappa shape index (κ2) is 8.85. The van der Waals surface area contributed by atoms with Crippen LogP contribution < -0.4 is 10.1 Å². The minimum Gasteiger partial charge on any atom is -0.492 e. The van der Waals surface area contributed by atoms with E-state index in [1.54, 1.807) is 10.7 Å². The molecule has 1 aliphatic rings. The molecule has 6 heteroatoms. The van der Waals surface area contributed by atoms with Crippen molar-refractivity contribution in [1.29, 1.82) is 0 Å². The first kappa shape index (κ1) is 18.5. The third-order valence-electron chi connectivity index (χ3n) is 4.81. The lowest BCUT2D eigenvalue weighted by atomic mass is 9.93. The summed E-state index contributed by atoms with van der Waals surface area (Å²) in [7, 11) is 4.02. The van der Waals surface area contributed by atoms with Gasteiger partial charge in [0.2, 0.25) is 5.91 Å². The van der Waals surface area contributed by atoms with Crippen LogP contribution in [0.3, 0.4) is 0 Å². The number of aryl methyl sites for hydroxylation is 1. The van der Waals surface area contributed by atoms with Crippen LogP contribution in [0.25, 0.3) is 11.1 Å². The molecule has 0 bridgehead atoms. The minimum atomic E-state index is 0.124. The highest BCUT2D eigenvalue weighted by Crippen LogP contribution is 2.23. The molecule has 26 heavy (non-hydrogen) atoms. The van der Waals surface area contributed by atoms with Crippen LogP contribution in [0.15, 0.2) is 30.6 Å². The number of hydrogen-bond acceptors (Lipinski definition) is 4. The Bertz CT molecular complexity index is 720. The maximum Gasteiger partial charge on any atom is 0.220 e. The van der Waals surface area contributed by atoms with Crippen molar-refractivity contribution in [2.24, 2.45) is 13.0 Å². The highest BCUT2D eigenvalue weighted by Gasteiger charge is 2.19. The molecule has 1 aromatic heterocycles. The van der Waals surface area contributed by atoms with Crippen LogP contribution in [0.5, 0.6) is 5.75 Å². The Morgan fingerprint density at radius 3 is 2.85 bits per heavy atom. The first-order valence-electron chi connectivity index (χ1n) is 9.18. The Kier molecular flexibility index (Phi) is 6.28. The summed E-state index contributed by atoms with van der Waals surface area (Å²) in [5.41, 5.74) is 2.04. The van der Waals surface area contributed by atoms with E-state index in [-0.39, 0.29) is 5.91 Å². The monoisotopic (exact) mass is 355 g/mol. The smallest absolute Gasteiger partial charge is 0.220 e. The fourth-order valence-corrected chi connectivity index (χ4v) is 3.23. The molecular formula is C20H27N4O2. The Balaban J connectivity index is 1.39. The molecule has 1 aromatic carbocycles. The standard InChI is InChI=1S/C20H27N4O2/c1-23-9-6-16(7-10-23)12-20(25)21-8-11-26-19-5-3-4-17(13-19)18-14-22-24(2)15-18/h4-5,13-16H,6-12H2,1-2H3,(H,21,25). The van der Waals surface area contributed by atoms with E-state index >= 15 is 0 Å². The van der Waals surface area contributed by atoms with Gasteiger partial charge in [-0.3, -0.25) is 9.48 Å². The maximum atomic E-state index is 12.0. The number of nitrogens with zero attached hydrogens (tertiary/aromatic N) is 3. The highest BCUT2D eigenvalue weighted by molar-refractivity contribution is 5.76. The number of aromatic nitrogens is 2. The molecule has 0 spiro atoms. The first-order chi connectivity index (χ1) is 12.6. The van der Waals surface area contributed by atoms with Crippen LogP contribution in [-0.4, -0.2) is 53.9 Å². The van der Waals surface area contributed by atoms with Crippen LogP contribution in [0.2, 0.25) is 0 Å². The van der Waals surface area contributed by atoms with E-state index in [0.29, 0.717) is 25.5 Å². The number of amides is 1. The van der Waals surface area contributed by atoms with Gasteiger partial charge in [-0.25, -0.2) is 0 Å². The van der Waals surface area contributed by atoms with Crippen molar-refractivity contribution >= 4 is 5.91 Å². The molecule has 1 aliphatic heterocycles. The molecule has 139 valence electrons. The quantitative estimate of drug-likeness (QED) is 0.773. The fourth-order valence-electron chi connectivity index (χ4n) is 3.23. The van der Waals surface area contributed by atoms with Crippen LogP contribution >= 0.6 is 0 Å². The summed E-state index contributed by atoms with van der Waals surface area (Å²) >= 11 is 0. The molecule has 2 heterocycles. The van der Waals surface area contributed by atoms with Crippen LogP contribution in [0.1, 0.15) is 19.3 Å². The van der Waals surface area contributed by atoms with Gasteiger partial charge in [0.05, 0.1) is 12.7 Å². The number of ether oxygens (including phenoxy) is 1. The number of rotatable bonds is 7. The van der Waals surface area contributed by atoms with E-state index in [2.05, 4.69) is 28.4 Å². The van der Waals surface area contributed by atoms with E-state index < -0.39 is 0 Å². The van der Waals surface area contributed by atoms with Gasteiger partial charge in [0, 0.05) is 25.2 Å². The second-order valence-electron chi connectivity index (χ2n) is 7.01. The average molecular weight is 355 g/mol. The summed E-state index contributed by atoms with van der Waals surface area (Å²) in [5.74, 6) is 1.38. The lowest BCUT2D eigenvalue weighted by Gasteiger charge is -2.28. The number of benzene rings is 1. The highest BCUT2D eigenvalue weighted by atomic mass is 16.5. The molecule has 0 aliphatic carbocycles. The van der Waals surface area contributed by atoms with Crippen LogP contribution in [0, 0.1) is 12.0 Å². The minimum absolute atomic E-state index is 0.124. The van der Waals surface area contributed by atoms with Gasteiger partial charge in [-0.15, -0.1) is 0 Å². The Labute approximate surface area is 155 Å². The average Bonchev–Trinajstić information content (AvgIpc) is 3.07. The van der Waals surface area contributed by atoms with E-state index in [4.69, 9.17) is 4.74 Å². The lowest BCUT2D eigenvalue weighted by molar-refractivity contribution is -0.122. The van der Waals surface area contributed by atoms with Crippen molar-refractivity contribution in [3.8, 4) is 16.9 Å². The Morgan fingerprint density at radius 2 is 2.12 bits per heavy atom. The molecule has 1 fully saturated rings. The summed E-state index contributed by atoms with van der Waals surface area (Å²) in [6, 6.07) is 8.77. The molecule has 2 aromatic rings. The van der Waals surface area contributed by atoms with E-state index in [1.807, 2.05) is 31.6 Å². The fraction of sp³-hybridized carbons (Fsp3) is 0.500. The van der Waals surface area contributed by atoms with Gasteiger partial charge in [0.15, 0.2) is 0 Å². The van der Waals surface area contributed by atoms with Crippen molar-refractivity contribution in [3.63, 3.8) is 0 Å². The van der Waals surface area contributed by atoms with Gasteiger partial charge in [0.25, 0.3) is 0 Å².